The highest BCUT2D eigenvalue weighted by molar-refractivity contribution is 5.85. The van der Waals surface area contributed by atoms with E-state index in [1.807, 2.05) is 6.92 Å². The molecule has 0 amide bonds. The van der Waals surface area contributed by atoms with Crippen LogP contribution in [0.1, 0.15) is 24.4 Å². The molecule has 1 fully saturated rings. The maximum Gasteiger partial charge on any atom is 0.319 e. The van der Waals surface area contributed by atoms with Gasteiger partial charge < -0.3 is 9.72 Å². The highest BCUT2D eigenvalue weighted by Crippen LogP contribution is 2.47. The highest BCUT2D eigenvalue weighted by atomic mass is 16.5. The van der Waals surface area contributed by atoms with Crippen molar-refractivity contribution in [2.24, 2.45) is 0 Å². The van der Waals surface area contributed by atoms with E-state index < -0.39 is 5.41 Å². The Bertz CT molecular complexity index is 339. The van der Waals surface area contributed by atoms with Crippen LogP contribution in [0.15, 0.2) is 6.20 Å². The molecule has 4 heteroatoms. The van der Waals surface area contributed by atoms with Gasteiger partial charge in [0.05, 0.1) is 7.11 Å². The molecule has 2 rings (SSSR count). The molecule has 0 radical (unpaired) electrons. The SMILES string of the molecule is COC(=O)C1(c2ncc(C)[nH]2)CC1. The number of aromatic amines is 1. The Hall–Kier alpha value is -1.32. The standard InChI is InChI=1S/C9H12N2O2/c1-6-5-10-7(11-6)9(3-4-9)8(12)13-2/h5H,3-4H2,1-2H3,(H,10,11). The number of rotatable bonds is 2. The lowest BCUT2D eigenvalue weighted by molar-refractivity contribution is -0.143. The summed E-state index contributed by atoms with van der Waals surface area (Å²) in [6.07, 6.45) is 3.41. The van der Waals surface area contributed by atoms with Crippen molar-refractivity contribution in [3.05, 3.63) is 17.7 Å². The fourth-order valence-corrected chi connectivity index (χ4v) is 1.51. The third kappa shape index (κ3) is 1.13. The Kier molecular flexibility index (Phi) is 1.65. The van der Waals surface area contributed by atoms with Crippen molar-refractivity contribution >= 4 is 5.97 Å². The first-order valence-electron chi connectivity index (χ1n) is 4.29. The number of methoxy groups -OCH3 is 1. The average molecular weight is 180 g/mol. The van der Waals surface area contributed by atoms with Crippen LogP contribution < -0.4 is 0 Å². The maximum atomic E-state index is 11.4. The topological polar surface area (TPSA) is 55.0 Å². The molecule has 1 N–H and O–H groups in total. The van der Waals surface area contributed by atoms with Gasteiger partial charge in [-0.3, -0.25) is 4.79 Å². The highest BCUT2D eigenvalue weighted by Gasteiger charge is 2.55. The van der Waals surface area contributed by atoms with Crippen molar-refractivity contribution in [3.8, 4) is 0 Å². The van der Waals surface area contributed by atoms with Crippen LogP contribution in [0.5, 0.6) is 0 Å². The average Bonchev–Trinajstić information content (AvgIpc) is 2.83. The number of hydrogen-bond donors (Lipinski definition) is 1. The minimum atomic E-state index is -0.455. The largest absolute Gasteiger partial charge is 0.468 e. The molecule has 1 aliphatic carbocycles. The number of esters is 1. The maximum absolute atomic E-state index is 11.4. The molecular weight excluding hydrogens is 168 g/mol. The van der Waals surface area contributed by atoms with Crippen molar-refractivity contribution in [1.82, 2.24) is 9.97 Å². The van der Waals surface area contributed by atoms with Crippen LogP contribution in [0.2, 0.25) is 0 Å². The molecule has 1 aliphatic rings. The van der Waals surface area contributed by atoms with E-state index in [2.05, 4.69) is 9.97 Å². The number of imidazole rings is 1. The zero-order valence-corrected chi connectivity index (χ0v) is 7.76. The summed E-state index contributed by atoms with van der Waals surface area (Å²) in [4.78, 5) is 18.7. The Balaban J connectivity index is 2.30. The molecule has 70 valence electrons. The van der Waals surface area contributed by atoms with Crippen molar-refractivity contribution < 1.29 is 9.53 Å². The summed E-state index contributed by atoms with van der Waals surface area (Å²) in [5.41, 5.74) is 0.522. The Morgan fingerprint density at radius 2 is 2.38 bits per heavy atom. The molecule has 13 heavy (non-hydrogen) atoms. The van der Waals surface area contributed by atoms with Crippen LogP contribution in [-0.4, -0.2) is 23.0 Å². The fraction of sp³-hybridized carbons (Fsp3) is 0.556. The first-order valence-corrected chi connectivity index (χ1v) is 4.29. The van der Waals surface area contributed by atoms with Crippen molar-refractivity contribution in [1.29, 1.82) is 0 Å². The van der Waals surface area contributed by atoms with Crippen LogP contribution in [0.3, 0.4) is 0 Å². The number of ether oxygens (including phenoxy) is 1. The number of H-pyrrole nitrogens is 1. The zero-order chi connectivity index (χ0) is 9.47. The second-order valence-electron chi connectivity index (χ2n) is 3.49. The van der Waals surface area contributed by atoms with E-state index >= 15 is 0 Å². The van der Waals surface area contributed by atoms with Crippen molar-refractivity contribution in [3.63, 3.8) is 0 Å². The Morgan fingerprint density at radius 1 is 1.69 bits per heavy atom. The normalized spacial score (nSPS) is 18.3. The quantitative estimate of drug-likeness (QED) is 0.688. The molecule has 1 saturated carbocycles. The van der Waals surface area contributed by atoms with Gasteiger partial charge in [0.15, 0.2) is 0 Å². The summed E-state index contributed by atoms with van der Waals surface area (Å²) in [5.74, 6) is 0.568. The molecule has 1 aromatic heterocycles. The summed E-state index contributed by atoms with van der Waals surface area (Å²) in [6, 6.07) is 0. The number of nitrogens with one attached hydrogen (secondary N) is 1. The predicted octanol–water partition coefficient (Wildman–Crippen LogP) is 0.923. The van der Waals surface area contributed by atoms with Crippen LogP contribution >= 0.6 is 0 Å². The van der Waals surface area contributed by atoms with E-state index in [0.717, 1.165) is 24.4 Å². The summed E-state index contributed by atoms with van der Waals surface area (Å²) in [5, 5.41) is 0. The summed E-state index contributed by atoms with van der Waals surface area (Å²) < 4.78 is 4.74. The second kappa shape index (κ2) is 2.58. The number of aromatic nitrogens is 2. The third-order valence-electron chi connectivity index (χ3n) is 2.48. The molecule has 4 nitrogen and oxygen atoms in total. The lowest BCUT2D eigenvalue weighted by Crippen LogP contribution is -2.23. The molecule has 0 unspecified atom stereocenters. The monoisotopic (exact) mass is 180 g/mol. The van der Waals surface area contributed by atoms with Crippen molar-refractivity contribution in [2.75, 3.05) is 7.11 Å². The predicted molar refractivity (Wildman–Crippen MR) is 46.3 cm³/mol. The van der Waals surface area contributed by atoms with Gasteiger partial charge in [0, 0.05) is 11.9 Å². The molecule has 0 aromatic carbocycles. The Labute approximate surface area is 76.3 Å². The van der Waals surface area contributed by atoms with Gasteiger partial charge in [-0.05, 0) is 19.8 Å². The molecule has 1 heterocycles. The van der Waals surface area contributed by atoms with E-state index in [1.54, 1.807) is 6.20 Å². The van der Waals surface area contributed by atoms with Gasteiger partial charge in [-0.1, -0.05) is 0 Å². The van der Waals surface area contributed by atoms with Gasteiger partial charge in [-0.25, -0.2) is 4.98 Å². The first kappa shape index (κ1) is 8.29. The van der Waals surface area contributed by atoms with Gasteiger partial charge in [0.1, 0.15) is 11.2 Å². The van der Waals surface area contributed by atoms with E-state index in [1.165, 1.54) is 7.11 Å². The third-order valence-corrected chi connectivity index (χ3v) is 2.48. The lowest BCUT2D eigenvalue weighted by atomic mass is 10.1. The molecule has 0 saturated heterocycles. The van der Waals surface area contributed by atoms with Gasteiger partial charge in [0.2, 0.25) is 0 Å². The number of carbonyl (C=O) groups excluding carboxylic acids is 1. The van der Waals surface area contributed by atoms with Gasteiger partial charge >= 0.3 is 5.97 Å². The molecule has 0 aliphatic heterocycles. The van der Waals surface area contributed by atoms with E-state index in [4.69, 9.17) is 4.74 Å². The van der Waals surface area contributed by atoms with Crippen LogP contribution in [0.4, 0.5) is 0 Å². The van der Waals surface area contributed by atoms with E-state index in [-0.39, 0.29) is 5.97 Å². The van der Waals surface area contributed by atoms with Gasteiger partial charge in [0.25, 0.3) is 0 Å². The van der Waals surface area contributed by atoms with Crippen LogP contribution in [0, 0.1) is 6.92 Å². The number of hydrogen-bond acceptors (Lipinski definition) is 3. The summed E-state index contributed by atoms with van der Waals surface area (Å²) in [6.45, 7) is 1.92. The van der Waals surface area contributed by atoms with Crippen LogP contribution in [0.25, 0.3) is 0 Å². The van der Waals surface area contributed by atoms with Gasteiger partial charge in [-0.2, -0.15) is 0 Å². The minimum absolute atomic E-state index is 0.179. The Morgan fingerprint density at radius 3 is 2.77 bits per heavy atom. The van der Waals surface area contributed by atoms with E-state index in [9.17, 15) is 4.79 Å². The van der Waals surface area contributed by atoms with Gasteiger partial charge in [-0.15, -0.1) is 0 Å². The lowest BCUT2D eigenvalue weighted by Gasteiger charge is -2.08. The zero-order valence-electron chi connectivity index (χ0n) is 7.76. The molecule has 1 aromatic rings. The second-order valence-corrected chi connectivity index (χ2v) is 3.49. The molecule has 0 spiro atoms. The van der Waals surface area contributed by atoms with Crippen LogP contribution in [-0.2, 0) is 14.9 Å². The number of aryl methyl sites for hydroxylation is 1. The summed E-state index contributed by atoms with van der Waals surface area (Å²) >= 11 is 0. The molecule has 0 bridgehead atoms. The first-order chi connectivity index (χ1) is 6.19. The number of nitrogens with zero attached hydrogens (tertiary/aromatic N) is 1. The molecule has 0 atom stereocenters. The fourth-order valence-electron chi connectivity index (χ4n) is 1.51. The van der Waals surface area contributed by atoms with E-state index in [0.29, 0.717) is 0 Å². The molecular formula is C9H12N2O2. The van der Waals surface area contributed by atoms with Crippen molar-refractivity contribution in [2.45, 2.75) is 25.2 Å². The minimum Gasteiger partial charge on any atom is -0.468 e. The number of carbonyl (C=O) groups is 1. The smallest absolute Gasteiger partial charge is 0.319 e. The summed E-state index contributed by atoms with van der Waals surface area (Å²) in [7, 11) is 1.41.